The molecule has 12 heavy (non-hydrogen) atoms. The summed E-state index contributed by atoms with van der Waals surface area (Å²) >= 11 is 1.68. The van der Waals surface area contributed by atoms with Gasteiger partial charge in [0.25, 0.3) is 5.91 Å². The minimum atomic E-state index is -0.373. The summed E-state index contributed by atoms with van der Waals surface area (Å²) in [6.07, 6.45) is 1.09. The van der Waals surface area contributed by atoms with E-state index < -0.39 is 0 Å². The van der Waals surface area contributed by atoms with Crippen LogP contribution in [0.4, 0.5) is 4.79 Å². The van der Waals surface area contributed by atoms with Crippen molar-refractivity contribution >= 4 is 23.7 Å². The zero-order valence-electron chi connectivity index (χ0n) is 6.92. The molecule has 3 amide bonds. The largest absolute Gasteiger partial charge is 0.325 e. The van der Waals surface area contributed by atoms with Gasteiger partial charge in [-0.1, -0.05) is 6.92 Å². The van der Waals surface area contributed by atoms with E-state index in [0.29, 0.717) is 5.75 Å². The van der Waals surface area contributed by atoms with Crippen molar-refractivity contribution in [1.29, 1.82) is 0 Å². The van der Waals surface area contributed by atoms with Crippen LogP contribution in [0.25, 0.3) is 0 Å². The molecule has 1 aliphatic heterocycles. The molecule has 4 nitrogen and oxygen atoms in total. The third kappa shape index (κ3) is 2.41. The van der Waals surface area contributed by atoms with Crippen LogP contribution in [-0.2, 0) is 4.79 Å². The van der Waals surface area contributed by atoms with Crippen molar-refractivity contribution in [3.8, 4) is 0 Å². The Morgan fingerprint density at radius 3 is 2.75 bits per heavy atom. The number of thioether (sulfide) groups is 1. The van der Waals surface area contributed by atoms with E-state index in [2.05, 4.69) is 17.6 Å². The summed E-state index contributed by atoms with van der Waals surface area (Å²) in [5.41, 5.74) is 0. The first-order chi connectivity index (χ1) is 5.74. The molecule has 0 radical (unpaired) electrons. The standard InChI is InChI=1S/C7H12N2O2S/c1-2-3-12-4-5-6(10)9-7(11)8-5/h5H,2-4H2,1H3,(H2,8,9,10,11). The predicted molar refractivity (Wildman–Crippen MR) is 48.1 cm³/mol. The third-order valence-electron chi connectivity index (χ3n) is 1.49. The molecule has 1 unspecified atom stereocenters. The number of urea groups is 1. The van der Waals surface area contributed by atoms with Crippen molar-refractivity contribution in [3.05, 3.63) is 0 Å². The first-order valence-electron chi connectivity index (χ1n) is 3.93. The fourth-order valence-electron chi connectivity index (χ4n) is 0.922. The normalized spacial score (nSPS) is 22.2. The van der Waals surface area contributed by atoms with Crippen molar-refractivity contribution in [2.24, 2.45) is 0 Å². The Morgan fingerprint density at radius 2 is 2.25 bits per heavy atom. The first kappa shape index (κ1) is 9.38. The SMILES string of the molecule is CCCSCC1NC(=O)NC1=O. The fraction of sp³-hybridized carbons (Fsp3) is 0.714. The molecule has 0 spiro atoms. The molecule has 0 aromatic rings. The van der Waals surface area contributed by atoms with Gasteiger partial charge >= 0.3 is 6.03 Å². The Kier molecular flexibility index (Phi) is 3.40. The molecule has 0 aromatic heterocycles. The minimum absolute atomic E-state index is 0.205. The minimum Gasteiger partial charge on any atom is -0.325 e. The lowest BCUT2D eigenvalue weighted by Crippen LogP contribution is -2.31. The molecule has 1 atom stereocenters. The Balaban J connectivity index is 2.24. The van der Waals surface area contributed by atoms with Crippen molar-refractivity contribution in [1.82, 2.24) is 10.6 Å². The number of carbonyl (C=O) groups is 2. The summed E-state index contributed by atoms with van der Waals surface area (Å²) in [5.74, 6) is 1.49. The summed E-state index contributed by atoms with van der Waals surface area (Å²) in [6, 6.07) is -0.698. The maximum absolute atomic E-state index is 11.0. The van der Waals surface area contributed by atoms with Crippen LogP contribution in [0.5, 0.6) is 0 Å². The van der Waals surface area contributed by atoms with Crippen LogP contribution >= 0.6 is 11.8 Å². The summed E-state index contributed by atoms with van der Waals surface area (Å²) in [7, 11) is 0. The highest BCUT2D eigenvalue weighted by Crippen LogP contribution is 2.06. The van der Waals surface area contributed by atoms with Gasteiger partial charge in [-0.2, -0.15) is 11.8 Å². The molecule has 1 rings (SSSR count). The molecule has 5 heteroatoms. The smallest absolute Gasteiger partial charge is 0.322 e. The lowest BCUT2D eigenvalue weighted by molar-refractivity contribution is -0.119. The lowest BCUT2D eigenvalue weighted by Gasteiger charge is -2.04. The Morgan fingerprint density at radius 1 is 1.50 bits per heavy atom. The Hall–Kier alpha value is -0.710. The number of rotatable bonds is 4. The highest BCUT2D eigenvalue weighted by Gasteiger charge is 2.28. The molecule has 0 aromatic carbocycles. The maximum Gasteiger partial charge on any atom is 0.322 e. The molecule has 0 aliphatic carbocycles. The van der Waals surface area contributed by atoms with Crippen molar-refractivity contribution in [3.63, 3.8) is 0 Å². The third-order valence-corrected chi connectivity index (χ3v) is 2.76. The number of hydrogen-bond acceptors (Lipinski definition) is 3. The number of nitrogens with one attached hydrogen (secondary N) is 2. The number of amides is 3. The van der Waals surface area contributed by atoms with E-state index in [1.807, 2.05) is 0 Å². The molecule has 68 valence electrons. The van der Waals surface area contributed by atoms with Crippen LogP contribution in [0.2, 0.25) is 0 Å². The molecule has 1 aliphatic rings. The molecule has 1 heterocycles. The van der Waals surface area contributed by atoms with E-state index in [-0.39, 0.29) is 18.0 Å². The Labute approximate surface area is 75.5 Å². The summed E-state index contributed by atoms with van der Waals surface area (Å²) in [6.45, 7) is 2.08. The predicted octanol–water partition coefficient (Wildman–Crippen LogP) is 0.338. The maximum atomic E-state index is 11.0. The zero-order chi connectivity index (χ0) is 8.97. The molecular formula is C7H12N2O2S. The second-order valence-corrected chi connectivity index (χ2v) is 3.74. The van der Waals surface area contributed by atoms with Crippen LogP contribution in [0, 0.1) is 0 Å². The molecule has 1 fully saturated rings. The molecule has 1 saturated heterocycles. The van der Waals surface area contributed by atoms with Gasteiger partial charge in [-0.3, -0.25) is 10.1 Å². The summed E-state index contributed by atoms with van der Waals surface area (Å²) < 4.78 is 0. The average Bonchev–Trinajstić information content (AvgIpc) is 2.31. The zero-order valence-corrected chi connectivity index (χ0v) is 7.74. The quantitative estimate of drug-likeness (QED) is 0.494. The topological polar surface area (TPSA) is 58.2 Å². The van der Waals surface area contributed by atoms with E-state index in [9.17, 15) is 9.59 Å². The highest BCUT2D eigenvalue weighted by atomic mass is 32.2. The van der Waals surface area contributed by atoms with Crippen LogP contribution in [-0.4, -0.2) is 29.5 Å². The summed E-state index contributed by atoms with van der Waals surface area (Å²) in [4.78, 5) is 21.6. The fourth-order valence-corrected chi connectivity index (χ4v) is 1.85. The van der Waals surface area contributed by atoms with Gasteiger partial charge in [0.1, 0.15) is 6.04 Å². The highest BCUT2D eigenvalue weighted by molar-refractivity contribution is 7.99. The average molecular weight is 188 g/mol. The van der Waals surface area contributed by atoms with Gasteiger partial charge in [-0.05, 0) is 12.2 Å². The summed E-state index contributed by atoms with van der Waals surface area (Å²) in [5, 5.41) is 4.73. The van der Waals surface area contributed by atoms with Gasteiger partial charge < -0.3 is 5.32 Å². The van der Waals surface area contributed by atoms with E-state index in [4.69, 9.17) is 0 Å². The number of hydrogen-bond donors (Lipinski definition) is 2. The number of carbonyl (C=O) groups excluding carboxylic acids is 2. The molecule has 2 N–H and O–H groups in total. The van der Waals surface area contributed by atoms with Crippen molar-refractivity contribution < 1.29 is 9.59 Å². The van der Waals surface area contributed by atoms with E-state index in [1.165, 1.54) is 0 Å². The van der Waals surface area contributed by atoms with Gasteiger partial charge in [0, 0.05) is 5.75 Å². The van der Waals surface area contributed by atoms with Gasteiger partial charge in [-0.15, -0.1) is 0 Å². The van der Waals surface area contributed by atoms with Gasteiger partial charge in [0.2, 0.25) is 0 Å². The molecular weight excluding hydrogens is 176 g/mol. The van der Waals surface area contributed by atoms with Crippen LogP contribution in [0.15, 0.2) is 0 Å². The van der Waals surface area contributed by atoms with Crippen LogP contribution in [0.1, 0.15) is 13.3 Å². The monoisotopic (exact) mass is 188 g/mol. The van der Waals surface area contributed by atoms with Gasteiger partial charge in [0.15, 0.2) is 0 Å². The Bertz CT molecular complexity index is 196. The van der Waals surface area contributed by atoms with Gasteiger partial charge in [-0.25, -0.2) is 4.79 Å². The number of imide groups is 1. The van der Waals surface area contributed by atoms with Crippen molar-refractivity contribution in [2.45, 2.75) is 19.4 Å². The molecule has 0 bridgehead atoms. The van der Waals surface area contributed by atoms with E-state index >= 15 is 0 Å². The van der Waals surface area contributed by atoms with Crippen LogP contribution < -0.4 is 10.6 Å². The van der Waals surface area contributed by atoms with E-state index in [0.717, 1.165) is 12.2 Å². The second kappa shape index (κ2) is 4.35. The molecule has 0 saturated carbocycles. The van der Waals surface area contributed by atoms with Gasteiger partial charge in [0.05, 0.1) is 0 Å². The second-order valence-electron chi connectivity index (χ2n) is 2.59. The van der Waals surface area contributed by atoms with E-state index in [1.54, 1.807) is 11.8 Å². The van der Waals surface area contributed by atoms with Crippen molar-refractivity contribution in [2.75, 3.05) is 11.5 Å². The lowest BCUT2D eigenvalue weighted by atomic mass is 10.3. The van der Waals surface area contributed by atoms with Crippen LogP contribution in [0.3, 0.4) is 0 Å². The first-order valence-corrected chi connectivity index (χ1v) is 5.08.